The summed E-state index contributed by atoms with van der Waals surface area (Å²) in [4.78, 5) is 43.8. The third-order valence-electron chi connectivity index (χ3n) is 5.61. The van der Waals surface area contributed by atoms with Crippen LogP contribution in [-0.4, -0.2) is 55.9 Å². The highest BCUT2D eigenvalue weighted by atomic mass is 16.6. The van der Waals surface area contributed by atoms with Crippen molar-refractivity contribution in [3.63, 3.8) is 0 Å². The Labute approximate surface area is 204 Å². The molecule has 1 aromatic heterocycles. The molecule has 1 aliphatic rings. The van der Waals surface area contributed by atoms with Crippen molar-refractivity contribution in [1.82, 2.24) is 20.4 Å². The van der Waals surface area contributed by atoms with Crippen LogP contribution in [0.15, 0.2) is 22.7 Å². The molecule has 35 heavy (non-hydrogen) atoms. The lowest BCUT2D eigenvalue weighted by atomic mass is 9.88. The average molecular weight is 488 g/mol. The predicted octanol–water partition coefficient (Wildman–Crippen LogP) is 4.34. The minimum atomic E-state index is -1.03. The first-order valence-corrected chi connectivity index (χ1v) is 11.5. The normalized spacial score (nSPS) is 17.7. The molecule has 2 aromatic rings. The largest absolute Gasteiger partial charge is 0.465 e. The van der Waals surface area contributed by atoms with Crippen LogP contribution >= 0.6 is 0 Å². The number of fused-ring (bicyclic) bond motifs is 1. The van der Waals surface area contributed by atoms with Gasteiger partial charge in [-0.3, -0.25) is 9.69 Å². The van der Waals surface area contributed by atoms with Crippen molar-refractivity contribution in [2.24, 2.45) is 0 Å². The van der Waals surface area contributed by atoms with Crippen molar-refractivity contribution in [3.8, 4) is 11.5 Å². The van der Waals surface area contributed by atoms with Crippen LogP contribution in [0, 0.1) is 0 Å². The van der Waals surface area contributed by atoms with E-state index in [9.17, 15) is 19.5 Å². The van der Waals surface area contributed by atoms with Crippen LogP contribution in [0.1, 0.15) is 72.3 Å². The Hall–Kier alpha value is -3.63. The van der Waals surface area contributed by atoms with Gasteiger partial charge in [-0.1, -0.05) is 5.16 Å². The van der Waals surface area contributed by atoms with Crippen molar-refractivity contribution in [2.75, 3.05) is 4.90 Å². The number of ether oxygens (including phenoxy) is 1. The Morgan fingerprint density at radius 3 is 2.57 bits per heavy atom. The number of nitrogens with one attached hydrogen (secondary N) is 1. The van der Waals surface area contributed by atoms with E-state index in [4.69, 9.17) is 9.26 Å². The Balaban J connectivity index is 1.93. The Kier molecular flexibility index (Phi) is 7.37. The van der Waals surface area contributed by atoms with E-state index >= 15 is 0 Å². The summed E-state index contributed by atoms with van der Waals surface area (Å²) in [7, 11) is 0. The molecule has 0 spiro atoms. The second-order valence-electron chi connectivity index (χ2n) is 9.92. The minimum absolute atomic E-state index is 0.0156. The molecule has 2 heterocycles. The smallest absolute Gasteiger partial charge is 0.408 e. The first-order chi connectivity index (χ1) is 16.3. The quantitative estimate of drug-likeness (QED) is 0.635. The highest BCUT2D eigenvalue weighted by Gasteiger charge is 2.38. The zero-order chi connectivity index (χ0) is 26.1. The fraction of sp³-hybridized carbons (Fsp3) is 0.542. The molecule has 0 bridgehead atoms. The summed E-state index contributed by atoms with van der Waals surface area (Å²) in [6.07, 6.45) is -1.17. The summed E-state index contributed by atoms with van der Waals surface area (Å²) < 4.78 is 10.6. The molecule has 1 aromatic carbocycles. The van der Waals surface area contributed by atoms with Crippen LogP contribution in [0.25, 0.3) is 11.5 Å². The van der Waals surface area contributed by atoms with Gasteiger partial charge in [0.2, 0.25) is 5.91 Å². The zero-order valence-electron chi connectivity index (χ0n) is 21.2. The van der Waals surface area contributed by atoms with Crippen molar-refractivity contribution >= 4 is 23.8 Å². The van der Waals surface area contributed by atoms with Crippen molar-refractivity contribution < 1.29 is 28.8 Å². The standard InChI is InChI=1S/C24H33N5O6/c1-13(2)28(23(32)33)19-10-14(3)29(15(4)30)18-9-8-16(11-17(18)19)21-26-20(27-35-21)12-25-22(31)34-24(5,6)7/h8-9,11,13-14,19H,10,12H2,1-7H3,(H,25,31)(H,32,33)/t14-,19+/m0/s1. The van der Waals surface area contributed by atoms with Gasteiger partial charge in [-0.25, -0.2) is 9.59 Å². The number of alkyl carbamates (subject to hydrolysis) is 1. The average Bonchev–Trinajstić information content (AvgIpc) is 3.19. The molecule has 0 aliphatic carbocycles. The number of hydrogen-bond acceptors (Lipinski definition) is 7. The van der Waals surface area contributed by atoms with E-state index in [1.54, 1.807) is 43.9 Å². The molecule has 0 fully saturated rings. The van der Waals surface area contributed by atoms with Crippen LogP contribution in [0.2, 0.25) is 0 Å². The molecule has 11 nitrogen and oxygen atoms in total. The Bertz CT molecular complexity index is 1110. The van der Waals surface area contributed by atoms with Crippen molar-refractivity contribution in [3.05, 3.63) is 29.6 Å². The molecule has 11 heteroatoms. The molecular weight excluding hydrogens is 454 g/mol. The first kappa shape index (κ1) is 26.0. The Morgan fingerprint density at radius 2 is 2.00 bits per heavy atom. The number of amides is 3. The van der Waals surface area contributed by atoms with Gasteiger partial charge in [0.05, 0.1) is 12.6 Å². The maximum Gasteiger partial charge on any atom is 0.408 e. The van der Waals surface area contributed by atoms with Gasteiger partial charge >= 0.3 is 12.2 Å². The highest BCUT2D eigenvalue weighted by Crippen LogP contribution is 2.43. The van der Waals surface area contributed by atoms with E-state index in [-0.39, 0.29) is 36.3 Å². The van der Waals surface area contributed by atoms with E-state index in [2.05, 4.69) is 15.5 Å². The number of rotatable bonds is 5. The number of carboxylic acid groups (broad SMARTS) is 1. The number of carbonyl (C=O) groups excluding carboxylic acids is 2. The minimum Gasteiger partial charge on any atom is -0.465 e. The van der Waals surface area contributed by atoms with Gasteiger partial charge in [0.15, 0.2) is 5.82 Å². The summed E-state index contributed by atoms with van der Waals surface area (Å²) in [6, 6.07) is 4.42. The first-order valence-electron chi connectivity index (χ1n) is 11.5. The van der Waals surface area contributed by atoms with Gasteiger partial charge in [-0.15, -0.1) is 0 Å². The van der Waals surface area contributed by atoms with Gasteiger partial charge in [-0.2, -0.15) is 4.98 Å². The number of carbonyl (C=O) groups is 3. The van der Waals surface area contributed by atoms with Crippen molar-refractivity contribution in [2.45, 2.75) is 85.2 Å². The number of hydrogen-bond donors (Lipinski definition) is 2. The fourth-order valence-corrected chi connectivity index (χ4v) is 4.33. The van der Waals surface area contributed by atoms with Crippen LogP contribution in [0.4, 0.5) is 15.3 Å². The lowest BCUT2D eigenvalue weighted by Gasteiger charge is -2.43. The number of anilines is 1. The van der Waals surface area contributed by atoms with Gasteiger partial charge in [0, 0.05) is 30.3 Å². The van der Waals surface area contributed by atoms with E-state index < -0.39 is 23.8 Å². The molecule has 3 amide bonds. The highest BCUT2D eigenvalue weighted by molar-refractivity contribution is 5.94. The maximum absolute atomic E-state index is 12.4. The summed E-state index contributed by atoms with van der Waals surface area (Å²) >= 11 is 0. The molecule has 2 atom stereocenters. The van der Waals surface area contributed by atoms with Crippen LogP contribution in [0.5, 0.6) is 0 Å². The molecule has 0 radical (unpaired) electrons. The Morgan fingerprint density at radius 1 is 1.31 bits per heavy atom. The lowest BCUT2D eigenvalue weighted by molar-refractivity contribution is -0.117. The molecule has 1 aliphatic heterocycles. The second kappa shape index (κ2) is 9.93. The molecular formula is C24H33N5O6. The fourth-order valence-electron chi connectivity index (χ4n) is 4.33. The third-order valence-corrected chi connectivity index (χ3v) is 5.61. The summed E-state index contributed by atoms with van der Waals surface area (Å²) in [5.74, 6) is 0.352. The monoisotopic (exact) mass is 487 g/mol. The van der Waals surface area contributed by atoms with Crippen LogP contribution in [-0.2, 0) is 16.1 Å². The van der Waals surface area contributed by atoms with E-state index in [0.29, 0.717) is 23.2 Å². The third kappa shape index (κ3) is 5.90. The zero-order valence-corrected chi connectivity index (χ0v) is 21.2. The second-order valence-corrected chi connectivity index (χ2v) is 9.92. The van der Waals surface area contributed by atoms with E-state index in [1.807, 2.05) is 20.8 Å². The number of nitrogens with zero attached hydrogens (tertiary/aromatic N) is 4. The van der Waals surface area contributed by atoms with Gasteiger partial charge in [-0.05, 0) is 71.7 Å². The SMILES string of the molecule is CC(=O)N1c2ccc(-c3nc(CNC(=O)OC(C)(C)C)no3)cc2[C@H](N(C(=O)O)C(C)C)C[C@@H]1C. The topological polar surface area (TPSA) is 138 Å². The molecule has 3 rings (SSSR count). The predicted molar refractivity (Wildman–Crippen MR) is 128 cm³/mol. The van der Waals surface area contributed by atoms with Gasteiger partial charge in [0.25, 0.3) is 5.89 Å². The lowest BCUT2D eigenvalue weighted by Crippen LogP contribution is -2.48. The molecule has 0 saturated carbocycles. The van der Waals surface area contributed by atoms with Gasteiger partial charge < -0.3 is 24.6 Å². The molecule has 0 unspecified atom stereocenters. The molecule has 0 saturated heterocycles. The number of benzene rings is 1. The maximum atomic E-state index is 12.4. The summed E-state index contributed by atoms with van der Waals surface area (Å²) in [5.41, 5.74) is 1.30. The molecule has 190 valence electrons. The van der Waals surface area contributed by atoms with Crippen LogP contribution < -0.4 is 10.2 Å². The van der Waals surface area contributed by atoms with E-state index in [1.165, 1.54) is 11.8 Å². The van der Waals surface area contributed by atoms with Crippen LogP contribution in [0.3, 0.4) is 0 Å². The molecule has 2 N–H and O–H groups in total. The van der Waals surface area contributed by atoms with E-state index in [0.717, 1.165) is 0 Å². The van der Waals surface area contributed by atoms with Crippen molar-refractivity contribution in [1.29, 1.82) is 0 Å². The summed E-state index contributed by atoms with van der Waals surface area (Å²) in [6.45, 7) is 12.4. The summed E-state index contributed by atoms with van der Waals surface area (Å²) in [5, 5.41) is 16.4. The van der Waals surface area contributed by atoms with Gasteiger partial charge in [0.1, 0.15) is 5.60 Å². The number of aromatic nitrogens is 2.